The van der Waals surface area contributed by atoms with Crippen molar-refractivity contribution in [1.29, 1.82) is 0 Å². The summed E-state index contributed by atoms with van der Waals surface area (Å²) >= 11 is 0. The SMILES string of the molecule is CN=C(NCCCC(=O)N1Cc2ccccc2C1)NC1CCCN(c2ccccc2)C1. The van der Waals surface area contributed by atoms with Crippen LogP contribution in [0.25, 0.3) is 0 Å². The monoisotopic (exact) mass is 419 g/mol. The summed E-state index contributed by atoms with van der Waals surface area (Å²) < 4.78 is 0. The summed E-state index contributed by atoms with van der Waals surface area (Å²) in [5, 5.41) is 6.95. The molecule has 0 aromatic heterocycles. The number of guanidine groups is 1. The third-order valence-electron chi connectivity index (χ3n) is 6.16. The van der Waals surface area contributed by atoms with Crippen molar-refractivity contribution in [3.63, 3.8) is 0 Å². The van der Waals surface area contributed by atoms with E-state index in [0.717, 1.165) is 57.9 Å². The number of hydrogen-bond acceptors (Lipinski definition) is 3. The molecule has 1 unspecified atom stereocenters. The third-order valence-corrected chi connectivity index (χ3v) is 6.16. The number of nitrogens with zero attached hydrogens (tertiary/aromatic N) is 3. The molecule has 1 saturated heterocycles. The first-order valence-corrected chi connectivity index (χ1v) is 11.3. The number of hydrogen-bond donors (Lipinski definition) is 2. The van der Waals surface area contributed by atoms with E-state index in [1.165, 1.54) is 16.8 Å². The van der Waals surface area contributed by atoms with Crippen molar-refractivity contribution in [2.24, 2.45) is 4.99 Å². The number of para-hydroxylation sites is 1. The molecule has 2 aliphatic rings. The van der Waals surface area contributed by atoms with E-state index in [9.17, 15) is 4.79 Å². The summed E-state index contributed by atoms with van der Waals surface area (Å²) in [4.78, 5) is 21.3. The lowest BCUT2D eigenvalue weighted by Gasteiger charge is -2.35. The van der Waals surface area contributed by atoms with E-state index in [4.69, 9.17) is 0 Å². The first-order chi connectivity index (χ1) is 15.2. The lowest BCUT2D eigenvalue weighted by atomic mass is 10.1. The zero-order valence-corrected chi connectivity index (χ0v) is 18.4. The molecule has 2 aromatic rings. The fraction of sp³-hybridized carbons (Fsp3) is 0.440. The van der Waals surface area contributed by atoms with Crippen LogP contribution in [0.1, 0.15) is 36.8 Å². The molecular weight excluding hydrogens is 386 g/mol. The second-order valence-corrected chi connectivity index (χ2v) is 8.39. The Kier molecular flexibility index (Phi) is 7.07. The lowest BCUT2D eigenvalue weighted by molar-refractivity contribution is -0.131. The fourth-order valence-corrected chi connectivity index (χ4v) is 4.47. The molecule has 1 fully saturated rings. The smallest absolute Gasteiger partial charge is 0.223 e. The predicted octanol–water partition coefficient (Wildman–Crippen LogP) is 3.14. The highest BCUT2D eigenvalue weighted by molar-refractivity contribution is 5.80. The van der Waals surface area contributed by atoms with Gasteiger partial charge in [0.1, 0.15) is 0 Å². The number of benzene rings is 2. The van der Waals surface area contributed by atoms with Gasteiger partial charge in [-0.15, -0.1) is 0 Å². The maximum atomic E-state index is 12.6. The topological polar surface area (TPSA) is 60.0 Å². The standard InChI is InChI=1S/C25H33N5O/c1-26-25(28-22-11-8-16-29(19-22)23-12-3-2-4-13-23)27-15-7-14-24(31)30-17-20-9-5-6-10-21(20)18-30/h2-6,9-10,12-13,22H,7-8,11,14-19H2,1H3,(H2,26,27,28). The first-order valence-electron chi connectivity index (χ1n) is 11.3. The summed E-state index contributed by atoms with van der Waals surface area (Å²) in [5.41, 5.74) is 3.82. The minimum atomic E-state index is 0.228. The van der Waals surface area contributed by atoms with Crippen LogP contribution in [0, 0.1) is 0 Å². The number of fused-ring (bicyclic) bond motifs is 1. The number of carbonyl (C=O) groups is 1. The fourth-order valence-electron chi connectivity index (χ4n) is 4.47. The van der Waals surface area contributed by atoms with Gasteiger partial charge in [-0.25, -0.2) is 0 Å². The highest BCUT2D eigenvalue weighted by atomic mass is 16.2. The molecule has 1 amide bonds. The Hall–Kier alpha value is -3.02. The molecule has 2 heterocycles. The van der Waals surface area contributed by atoms with E-state index in [-0.39, 0.29) is 5.91 Å². The number of nitrogens with one attached hydrogen (secondary N) is 2. The molecule has 6 heteroatoms. The van der Waals surface area contributed by atoms with Gasteiger partial charge in [0.2, 0.25) is 5.91 Å². The number of carbonyl (C=O) groups excluding carboxylic acids is 1. The highest BCUT2D eigenvalue weighted by Crippen LogP contribution is 2.23. The quantitative estimate of drug-likeness (QED) is 0.429. The molecule has 1 atom stereocenters. The molecule has 2 aromatic carbocycles. The molecular formula is C25H33N5O. The van der Waals surface area contributed by atoms with Crippen LogP contribution in [0.4, 0.5) is 5.69 Å². The van der Waals surface area contributed by atoms with Crippen LogP contribution in [0.3, 0.4) is 0 Å². The normalized spacial score (nSPS) is 18.6. The first kappa shape index (κ1) is 21.2. The van der Waals surface area contributed by atoms with Gasteiger partial charge in [0.25, 0.3) is 0 Å². The number of aliphatic imine (C=N–C) groups is 1. The maximum Gasteiger partial charge on any atom is 0.223 e. The molecule has 0 spiro atoms. The van der Waals surface area contributed by atoms with Crippen LogP contribution >= 0.6 is 0 Å². The molecule has 0 bridgehead atoms. The zero-order chi connectivity index (χ0) is 21.5. The van der Waals surface area contributed by atoms with E-state index >= 15 is 0 Å². The minimum Gasteiger partial charge on any atom is -0.369 e. The van der Waals surface area contributed by atoms with Crippen molar-refractivity contribution < 1.29 is 4.79 Å². The number of amides is 1. The Morgan fingerprint density at radius 2 is 1.77 bits per heavy atom. The molecule has 6 nitrogen and oxygen atoms in total. The lowest BCUT2D eigenvalue weighted by Crippen LogP contribution is -2.51. The maximum absolute atomic E-state index is 12.6. The van der Waals surface area contributed by atoms with Gasteiger partial charge in [0, 0.05) is 57.9 Å². The van der Waals surface area contributed by atoms with Gasteiger partial charge < -0.3 is 20.4 Å². The molecule has 0 saturated carbocycles. The minimum absolute atomic E-state index is 0.228. The van der Waals surface area contributed by atoms with Gasteiger partial charge >= 0.3 is 0 Å². The predicted molar refractivity (Wildman–Crippen MR) is 126 cm³/mol. The van der Waals surface area contributed by atoms with Gasteiger partial charge in [-0.05, 0) is 42.5 Å². The number of rotatable bonds is 6. The highest BCUT2D eigenvalue weighted by Gasteiger charge is 2.23. The summed E-state index contributed by atoms with van der Waals surface area (Å²) in [6.07, 6.45) is 3.66. The molecule has 2 aliphatic heterocycles. The van der Waals surface area contributed by atoms with E-state index in [1.807, 2.05) is 17.0 Å². The Morgan fingerprint density at radius 3 is 2.48 bits per heavy atom. The number of piperidine rings is 1. The second kappa shape index (κ2) is 10.3. The van der Waals surface area contributed by atoms with Crippen LogP contribution in [-0.2, 0) is 17.9 Å². The largest absolute Gasteiger partial charge is 0.369 e. The van der Waals surface area contributed by atoms with E-state index in [1.54, 1.807) is 7.05 Å². The van der Waals surface area contributed by atoms with Crippen molar-refractivity contribution in [3.8, 4) is 0 Å². The van der Waals surface area contributed by atoms with Crippen molar-refractivity contribution in [3.05, 3.63) is 65.7 Å². The van der Waals surface area contributed by atoms with Crippen LogP contribution in [0.2, 0.25) is 0 Å². The average Bonchev–Trinajstić information content (AvgIpc) is 3.26. The summed E-state index contributed by atoms with van der Waals surface area (Å²) in [5.74, 6) is 1.05. The molecule has 2 N–H and O–H groups in total. The van der Waals surface area contributed by atoms with E-state index in [2.05, 4.69) is 63.0 Å². The van der Waals surface area contributed by atoms with Crippen LogP contribution in [-0.4, -0.2) is 49.5 Å². The van der Waals surface area contributed by atoms with Crippen LogP contribution < -0.4 is 15.5 Å². The molecule has 0 radical (unpaired) electrons. The third kappa shape index (κ3) is 5.57. The molecule has 31 heavy (non-hydrogen) atoms. The number of anilines is 1. The summed E-state index contributed by atoms with van der Waals surface area (Å²) in [6.45, 7) is 4.28. The Morgan fingerprint density at radius 1 is 1.06 bits per heavy atom. The summed E-state index contributed by atoms with van der Waals surface area (Å²) in [6, 6.07) is 19.3. The second-order valence-electron chi connectivity index (χ2n) is 8.39. The Bertz CT molecular complexity index is 873. The van der Waals surface area contributed by atoms with Crippen LogP contribution in [0.5, 0.6) is 0 Å². The molecule has 4 rings (SSSR count). The van der Waals surface area contributed by atoms with Gasteiger partial charge in [-0.3, -0.25) is 9.79 Å². The van der Waals surface area contributed by atoms with Gasteiger partial charge in [-0.2, -0.15) is 0 Å². The van der Waals surface area contributed by atoms with Gasteiger partial charge in [0.15, 0.2) is 5.96 Å². The van der Waals surface area contributed by atoms with Crippen molar-refractivity contribution in [2.75, 3.05) is 31.6 Å². The molecule has 0 aliphatic carbocycles. The van der Waals surface area contributed by atoms with Gasteiger partial charge in [0.05, 0.1) is 0 Å². The van der Waals surface area contributed by atoms with Crippen LogP contribution in [0.15, 0.2) is 59.6 Å². The Labute approximate surface area is 185 Å². The van der Waals surface area contributed by atoms with Gasteiger partial charge in [-0.1, -0.05) is 42.5 Å². The summed E-state index contributed by atoms with van der Waals surface area (Å²) in [7, 11) is 1.81. The zero-order valence-electron chi connectivity index (χ0n) is 18.4. The Balaban J connectivity index is 1.18. The van der Waals surface area contributed by atoms with Crippen molar-refractivity contribution >= 4 is 17.6 Å². The van der Waals surface area contributed by atoms with E-state index < -0.39 is 0 Å². The molecule has 164 valence electrons. The van der Waals surface area contributed by atoms with Crippen molar-refractivity contribution in [1.82, 2.24) is 15.5 Å². The van der Waals surface area contributed by atoms with E-state index in [0.29, 0.717) is 12.5 Å². The van der Waals surface area contributed by atoms with Crippen molar-refractivity contribution in [2.45, 2.75) is 44.8 Å². The average molecular weight is 420 g/mol.